The number of thiazole rings is 1. The van der Waals surface area contributed by atoms with Crippen LogP contribution in [0.4, 0.5) is 5.69 Å². The fourth-order valence-electron chi connectivity index (χ4n) is 10.1. The number of para-hydroxylation sites is 1. The number of nitrogens with zero attached hydrogens (tertiary/aromatic N) is 3. The number of hydrogen-bond acceptors (Lipinski definition) is 12. The van der Waals surface area contributed by atoms with E-state index in [0.717, 1.165) is 68.9 Å². The van der Waals surface area contributed by atoms with Crippen LogP contribution in [0.3, 0.4) is 0 Å². The number of hydrogen-bond donors (Lipinski definition) is 7. The Bertz CT molecular complexity index is 2540. The summed E-state index contributed by atoms with van der Waals surface area (Å²) in [5, 5.41) is 31.1. The Hall–Kier alpha value is -5.88. The summed E-state index contributed by atoms with van der Waals surface area (Å²) >= 11 is 1.57. The Labute approximate surface area is 421 Å². The van der Waals surface area contributed by atoms with Gasteiger partial charge in [0.15, 0.2) is 0 Å². The zero-order valence-corrected chi connectivity index (χ0v) is 42.7. The monoisotopic (exact) mass is 993 g/mol. The van der Waals surface area contributed by atoms with Crippen molar-refractivity contribution in [2.45, 2.75) is 161 Å². The molecule has 1 aromatic heterocycles. The number of aliphatic hydroxyl groups is 2. The van der Waals surface area contributed by atoms with Crippen molar-refractivity contribution >= 4 is 46.6 Å². The molecule has 4 aromatic rings. The smallest absolute Gasteiger partial charge is 0.246 e. The Morgan fingerprint density at radius 2 is 1.65 bits per heavy atom. The van der Waals surface area contributed by atoms with Gasteiger partial charge in [-0.2, -0.15) is 0 Å². The average molecular weight is 993 g/mol. The van der Waals surface area contributed by atoms with Gasteiger partial charge >= 0.3 is 0 Å². The van der Waals surface area contributed by atoms with Gasteiger partial charge in [0.25, 0.3) is 0 Å². The average Bonchev–Trinajstić information content (AvgIpc) is 4.04. The number of likely N-dealkylation sites (tertiary alicyclic amines) is 1. The molecule has 1 fully saturated rings. The molecule has 4 heterocycles. The number of ether oxygens (including phenoxy) is 1. The van der Waals surface area contributed by atoms with Crippen molar-refractivity contribution in [1.82, 2.24) is 25.8 Å². The Morgan fingerprint density at radius 3 is 2.35 bits per heavy atom. The van der Waals surface area contributed by atoms with Crippen LogP contribution in [0.15, 0.2) is 66.2 Å². The SMILES string of the molecule is Cc1cc(CCCCCC(=O)N[C@H](C(=O)N2C[C@H](O)C[C@H]2C(=O)N[C@@H](C)c2ccc(-c3scnc3C)cc2)C(C)(C)C)cc(OC[C@H](CCC(N)=O)NC(=O)[C@@H]2Cc3cccc4c3N2C(O)[C@@H](N)CC4)c1. The van der Waals surface area contributed by atoms with E-state index >= 15 is 0 Å². The molecule has 16 nitrogen and oxygen atoms in total. The summed E-state index contributed by atoms with van der Waals surface area (Å²) in [5.41, 5.74) is 20.9. The van der Waals surface area contributed by atoms with Gasteiger partial charge in [-0.3, -0.25) is 24.0 Å². The number of β-amino-alcohol motifs (C(OH)–C–C–N with tert-alkyl or cyclic N) is 1. The number of primary amides is 1. The van der Waals surface area contributed by atoms with Gasteiger partial charge in [0.05, 0.1) is 34.3 Å². The lowest BCUT2D eigenvalue weighted by Crippen LogP contribution is -2.57. The topological polar surface area (TPSA) is 243 Å². The van der Waals surface area contributed by atoms with Gasteiger partial charge in [-0.1, -0.05) is 75.7 Å². The molecule has 3 aliphatic heterocycles. The lowest BCUT2D eigenvalue weighted by atomic mass is 9.85. The van der Waals surface area contributed by atoms with Crippen molar-refractivity contribution in [1.29, 1.82) is 0 Å². The number of nitrogens with one attached hydrogen (secondary N) is 3. The lowest BCUT2D eigenvalue weighted by molar-refractivity contribution is -0.144. The fraction of sp³-hybridized carbons (Fsp3) is 0.519. The molecule has 71 heavy (non-hydrogen) atoms. The highest BCUT2D eigenvalue weighted by Crippen LogP contribution is 2.40. The number of carbonyl (C=O) groups is 5. The number of aryl methyl sites for hydroxylation is 4. The summed E-state index contributed by atoms with van der Waals surface area (Å²) in [4.78, 5) is 75.8. The second-order valence-corrected chi connectivity index (χ2v) is 21.6. The molecule has 1 unspecified atom stereocenters. The van der Waals surface area contributed by atoms with Crippen LogP contribution in [0, 0.1) is 19.3 Å². The predicted molar refractivity (Wildman–Crippen MR) is 274 cm³/mol. The highest BCUT2D eigenvalue weighted by Gasteiger charge is 2.45. The first-order valence-corrected chi connectivity index (χ1v) is 25.9. The summed E-state index contributed by atoms with van der Waals surface area (Å²) < 4.78 is 6.28. The molecule has 5 amide bonds. The Morgan fingerprint density at radius 1 is 0.915 bits per heavy atom. The zero-order valence-electron chi connectivity index (χ0n) is 41.9. The maximum absolute atomic E-state index is 14.2. The van der Waals surface area contributed by atoms with E-state index in [2.05, 4.69) is 27.0 Å². The number of amides is 5. The molecule has 0 saturated carbocycles. The van der Waals surface area contributed by atoms with Crippen LogP contribution >= 0.6 is 11.3 Å². The van der Waals surface area contributed by atoms with Gasteiger partial charge in [-0.25, -0.2) is 4.98 Å². The third kappa shape index (κ3) is 13.2. The minimum atomic E-state index is -1.02. The van der Waals surface area contributed by atoms with Crippen LogP contribution in [-0.4, -0.2) is 105 Å². The molecular weight excluding hydrogens is 921 g/mol. The normalized spacial score (nSPS) is 20.9. The number of anilines is 1. The molecule has 7 rings (SSSR count). The highest BCUT2D eigenvalue weighted by molar-refractivity contribution is 7.13. The minimum absolute atomic E-state index is 0.00786. The van der Waals surface area contributed by atoms with Gasteiger partial charge in [-0.15, -0.1) is 11.3 Å². The Kier molecular flexibility index (Phi) is 17.2. The quantitative estimate of drug-likeness (QED) is 0.0578. The maximum atomic E-state index is 14.2. The molecule has 0 bridgehead atoms. The second-order valence-electron chi connectivity index (χ2n) is 20.8. The molecule has 0 aliphatic carbocycles. The summed E-state index contributed by atoms with van der Waals surface area (Å²) in [6.07, 6.45) is 3.34. The number of aliphatic hydroxyl groups excluding tert-OH is 2. The molecule has 3 aliphatic rings. The molecule has 0 spiro atoms. The van der Waals surface area contributed by atoms with E-state index in [9.17, 15) is 34.2 Å². The molecule has 8 atom stereocenters. The van der Waals surface area contributed by atoms with E-state index in [1.165, 1.54) is 4.90 Å². The van der Waals surface area contributed by atoms with Crippen molar-refractivity contribution < 1.29 is 38.9 Å². The largest absolute Gasteiger partial charge is 0.491 e. The van der Waals surface area contributed by atoms with Gasteiger partial charge in [-0.05, 0) is 110 Å². The molecule has 9 N–H and O–H groups in total. The van der Waals surface area contributed by atoms with Crippen LogP contribution in [0.5, 0.6) is 5.75 Å². The third-order valence-corrected chi connectivity index (χ3v) is 15.0. The first-order chi connectivity index (χ1) is 33.8. The van der Waals surface area contributed by atoms with Gasteiger partial charge in [0.2, 0.25) is 29.5 Å². The minimum Gasteiger partial charge on any atom is -0.491 e. The van der Waals surface area contributed by atoms with Crippen molar-refractivity contribution in [3.8, 4) is 16.2 Å². The lowest BCUT2D eigenvalue weighted by Gasteiger charge is -2.35. The summed E-state index contributed by atoms with van der Waals surface area (Å²) in [6, 6.07) is 16.0. The first kappa shape index (κ1) is 52.9. The van der Waals surface area contributed by atoms with E-state index < -0.39 is 59.8 Å². The van der Waals surface area contributed by atoms with E-state index in [1.807, 2.05) is 102 Å². The fourth-order valence-corrected chi connectivity index (χ4v) is 10.9. The third-order valence-electron chi connectivity index (χ3n) is 14.0. The van der Waals surface area contributed by atoms with Gasteiger partial charge < -0.3 is 52.2 Å². The van der Waals surface area contributed by atoms with Gasteiger partial charge in [0.1, 0.15) is 36.7 Å². The van der Waals surface area contributed by atoms with Crippen molar-refractivity contribution in [3.05, 3.63) is 99.7 Å². The van der Waals surface area contributed by atoms with E-state index in [0.29, 0.717) is 31.4 Å². The second kappa shape index (κ2) is 23.1. The number of aromatic nitrogens is 1. The predicted octanol–water partition coefficient (Wildman–Crippen LogP) is 5.05. The molecule has 382 valence electrons. The highest BCUT2D eigenvalue weighted by atomic mass is 32.1. The Balaban J connectivity index is 0.885. The molecule has 3 aromatic carbocycles. The summed E-state index contributed by atoms with van der Waals surface area (Å²) in [6.45, 7) is 11.5. The number of rotatable bonds is 20. The zero-order chi connectivity index (χ0) is 51.1. The van der Waals surface area contributed by atoms with Crippen molar-refractivity contribution in [2.24, 2.45) is 16.9 Å². The maximum Gasteiger partial charge on any atom is 0.246 e. The molecular formula is C54H72N8O8S. The number of nitrogens with two attached hydrogens (primary N) is 2. The van der Waals surface area contributed by atoms with Crippen molar-refractivity contribution in [2.75, 3.05) is 18.1 Å². The van der Waals surface area contributed by atoms with E-state index in [1.54, 1.807) is 16.2 Å². The van der Waals surface area contributed by atoms with Crippen LogP contribution in [0.2, 0.25) is 0 Å². The van der Waals surface area contributed by atoms with E-state index in [4.69, 9.17) is 16.2 Å². The summed E-state index contributed by atoms with van der Waals surface area (Å²) in [7, 11) is 0. The van der Waals surface area contributed by atoms with E-state index in [-0.39, 0.29) is 62.6 Å². The molecule has 0 radical (unpaired) electrons. The standard InChI is InChI=1S/C54H72N8O8S/c1-31-23-34(25-41(24-31)70-29-39(20-22-45(56)64)59-51(67)44-26-38-13-10-12-36-19-21-42(55)52(68)62(44)47(36)38)11-8-7-9-14-46(65)60-49(54(4,5)6)53(69)61-28-40(63)27-43(61)50(66)58-32(2)35-15-17-37(18-16-35)48-33(3)57-30-71-48/h10,12-13,15-18,23-25,30,32,39-40,42-44,49,52,63,68H,7-9,11,14,19-22,26-29,55H2,1-6H3,(H2,56,64)(H,58,66)(H,59,67)(H,60,65)/t32-,39-,40+,42-,43-,44-,49+,52?/m0/s1. The first-order valence-electron chi connectivity index (χ1n) is 25.0. The van der Waals surface area contributed by atoms with Crippen molar-refractivity contribution in [3.63, 3.8) is 0 Å². The van der Waals surface area contributed by atoms with Crippen LogP contribution < -0.4 is 37.1 Å². The van der Waals surface area contributed by atoms with Crippen LogP contribution in [0.1, 0.15) is 119 Å². The summed E-state index contributed by atoms with van der Waals surface area (Å²) in [5.74, 6) is -1.18. The number of unbranched alkanes of at least 4 members (excludes halogenated alkanes) is 2. The number of carbonyl (C=O) groups excluding carboxylic acids is 5. The van der Waals surface area contributed by atoms with Crippen LogP contribution in [-0.2, 0) is 43.2 Å². The van der Waals surface area contributed by atoms with Crippen LogP contribution in [0.25, 0.3) is 10.4 Å². The number of benzene rings is 3. The van der Waals surface area contributed by atoms with Gasteiger partial charge in [0, 0.05) is 44.0 Å². The molecule has 1 saturated heterocycles. The molecule has 17 heteroatoms.